The second-order valence-electron chi connectivity index (χ2n) is 3.70. The largest absolute Gasteiger partial charge is 0.462 e. The van der Waals surface area contributed by atoms with Crippen molar-refractivity contribution in [2.24, 2.45) is 5.92 Å². The maximum Gasteiger partial charge on any atom is 0.333 e. The summed E-state index contributed by atoms with van der Waals surface area (Å²) in [5.74, 6) is 0.109. The highest BCUT2D eigenvalue weighted by atomic mass is 16.5. The Labute approximate surface area is 87.3 Å². The highest BCUT2D eigenvalue weighted by molar-refractivity contribution is 5.86. The van der Waals surface area contributed by atoms with E-state index in [0.717, 1.165) is 12.8 Å². The Morgan fingerprint density at radius 3 is 2.50 bits per heavy atom. The summed E-state index contributed by atoms with van der Waals surface area (Å²) in [7, 11) is 0. The number of hydrogen-bond donors (Lipinski definition) is 0. The van der Waals surface area contributed by atoms with E-state index in [1.807, 2.05) is 0 Å². The lowest BCUT2D eigenvalue weighted by atomic mass is 10.0. The predicted molar refractivity (Wildman–Crippen MR) is 57.8 cm³/mol. The van der Waals surface area contributed by atoms with Gasteiger partial charge < -0.3 is 4.74 Å². The summed E-state index contributed by atoms with van der Waals surface area (Å²) >= 11 is 0. The SMILES string of the molecule is [CH]=C(C)C(=O)OCC(CC)CCCC. The highest BCUT2D eigenvalue weighted by Gasteiger charge is 2.09. The summed E-state index contributed by atoms with van der Waals surface area (Å²) in [5, 5.41) is 0. The van der Waals surface area contributed by atoms with Gasteiger partial charge in [-0.1, -0.05) is 39.7 Å². The molecule has 0 aromatic carbocycles. The predicted octanol–water partition coefficient (Wildman–Crippen LogP) is 3.13. The molecule has 1 atom stereocenters. The van der Waals surface area contributed by atoms with Crippen LogP contribution in [0.15, 0.2) is 5.57 Å². The van der Waals surface area contributed by atoms with Crippen LogP contribution in [-0.4, -0.2) is 12.6 Å². The Hall–Kier alpha value is -0.790. The number of hydrogen-bond acceptors (Lipinski definition) is 2. The summed E-state index contributed by atoms with van der Waals surface area (Å²) in [5.41, 5.74) is 0.232. The van der Waals surface area contributed by atoms with Gasteiger partial charge >= 0.3 is 5.97 Å². The van der Waals surface area contributed by atoms with Gasteiger partial charge in [-0.15, -0.1) is 0 Å². The average Bonchev–Trinajstić information content (AvgIpc) is 2.17. The van der Waals surface area contributed by atoms with Crippen LogP contribution in [0.1, 0.15) is 46.5 Å². The summed E-state index contributed by atoms with van der Waals surface area (Å²) in [6, 6.07) is 0. The first-order chi connectivity index (χ1) is 6.61. The van der Waals surface area contributed by atoms with E-state index in [0.29, 0.717) is 12.5 Å². The molecule has 1 unspecified atom stereocenters. The number of unbranched alkanes of at least 4 members (excludes halogenated alkanes) is 1. The number of rotatable bonds is 7. The molecule has 0 saturated heterocycles. The van der Waals surface area contributed by atoms with Crippen molar-refractivity contribution >= 4 is 5.97 Å². The Morgan fingerprint density at radius 1 is 1.43 bits per heavy atom. The van der Waals surface area contributed by atoms with E-state index < -0.39 is 0 Å². The second kappa shape index (κ2) is 7.60. The Bertz CT molecular complexity index is 185. The van der Waals surface area contributed by atoms with Gasteiger partial charge in [0.25, 0.3) is 0 Å². The number of carbonyl (C=O) groups is 1. The van der Waals surface area contributed by atoms with Gasteiger partial charge in [-0.2, -0.15) is 0 Å². The van der Waals surface area contributed by atoms with E-state index >= 15 is 0 Å². The molecule has 0 heterocycles. The molecule has 1 radical (unpaired) electrons. The fourth-order valence-electron chi connectivity index (χ4n) is 1.21. The molecule has 0 aromatic heterocycles. The van der Waals surface area contributed by atoms with Gasteiger partial charge in [-0.05, 0) is 19.3 Å². The average molecular weight is 197 g/mol. The lowest BCUT2D eigenvalue weighted by Gasteiger charge is -2.14. The molecular weight excluding hydrogens is 176 g/mol. The molecule has 0 rings (SSSR count). The minimum absolute atomic E-state index is 0.232. The maximum absolute atomic E-state index is 11.1. The van der Waals surface area contributed by atoms with Crippen molar-refractivity contribution in [1.82, 2.24) is 0 Å². The molecule has 0 N–H and O–H groups in total. The summed E-state index contributed by atoms with van der Waals surface area (Å²) in [6.07, 6.45) is 4.56. The number of ether oxygens (including phenoxy) is 1. The fourth-order valence-corrected chi connectivity index (χ4v) is 1.21. The van der Waals surface area contributed by atoms with Gasteiger partial charge in [0.2, 0.25) is 0 Å². The highest BCUT2D eigenvalue weighted by Crippen LogP contribution is 2.13. The molecule has 14 heavy (non-hydrogen) atoms. The maximum atomic E-state index is 11.1. The Balaban J connectivity index is 3.71. The normalized spacial score (nSPS) is 12.2. The van der Waals surface area contributed by atoms with E-state index in [-0.39, 0.29) is 11.5 Å². The van der Waals surface area contributed by atoms with Crippen LogP contribution in [0.3, 0.4) is 0 Å². The van der Waals surface area contributed by atoms with E-state index in [2.05, 4.69) is 13.8 Å². The standard InChI is InChI=1S/C12H21O2/c1-5-7-8-11(6-2)9-14-12(13)10(3)4/h3,11H,5-9H2,1-2,4H3. The van der Waals surface area contributed by atoms with Crippen molar-refractivity contribution in [3.63, 3.8) is 0 Å². The van der Waals surface area contributed by atoms with Crippen LogP contribution in [0, 0.1) is 12.5 Å². The zero-order valence-corrected chi connectivity index (χ0v) is 9.51. The van der Waals surface area contributed by atoms with E-state index in [9.17, 15) is 4.79 Å². The molecule has 0 bridgehead atoms. The molecule has 0 aromatic rings. The van der Waals surface area contributed by atoms with Crippen molar-refractivity contribution in [3.8, 4) is 0 Å². The van der Waals surface area contributed by atoms with Gasteiger partial charge in [0, 0.05) is 5.57 Å². The molecule has 0 aliphatic heterocycles. The van der Waals surface area contributed by atoms with Gasteiger partial charge in [0.05, 0.1) is 6.61 Å². The van der Waals surface area contributed by atoms with Crippen molar-refractivity contribution in [3.05, 3.63) is 12.2 Å². The van der Waals surface area contributed by atoms with Gasteiger partial charge in [-0.3, -0.25) is 0 Å². The second-order valence-corrected chi connectivity index (χ2v) is 3.70. The van der Waals surface area contributed by atoms with Crippen LogP contribution < -0.4 is 0 Å². The molecule has 0 spiro atoms. The van der Waals surface area contributed by atoms with Crippen LogP contribution in [0.5, 0.6) is 0 Å². The van der Waals surface area contributed by atoms with Gasteiger partial charge in [-0.25, -0.2) is 4.79 Å². The molecule has 0 fully saturated rings. The van der Waals surface area contributed by atoms with Crippen LogP contribution in [0.25, 0.3) is 0 Å². The summed E-state index contributed by atoms with van der Waals surface area (Å²) in [6.45, 7) is 11.7. The molecule has 0 aliphatic rings. The van der Waals surface area contributed by atoms with Gasteiger partial charge in [0.15, 0.2) is 0 Å². The molecular formula is C12H21O2. The van der Waals surface area contributed by atoms with Crippen molar-refractivity contribution in [1.29, 1.82) is 0 Å². The van der Waals surface area contributed by atoms with Crippen LogP contribution in [0.4, 0.5) is 0 Å². The third-order valence-corrected chi connectivity index (χ3v) is 2.32. The Morgan fingerprint density at radius 2 is 2.07 bits per heavy atom. The number of esters is 1. The van der Waals surface area contributed by atoms with Crippen LogP contribution in [-0.2, 0) is 9.53 Å². The molecule has 2 nitrogen and oxygen atoms in total. The lowest BCUT2D eigenvalue weighted by molar-refractivity contribution is -0.140. The van der Waals surface area contributed by atoms with Crippen LogP contribution >= 0.6 is 0 Å². The molecule has 0 aliphatic carbocycles. The third kappa shape index (κ3) is 5.79. The van der Waals surface area contributed by atoms with E-state index in [1.165, 1.54) is 12.8 Å². The quantitative estimate of drug-likeness (QED) is 0.463. The first-order valence-electron chi connectivity index (χ1n) is 5.37. The Kier molecular flexibility index (Phi) is 7.17. The topological polar surface area (TPSA) is 26.3 Å². The fraction of sp³-hybridized carbons (Fsp3) is 0.750. The number of carbonyl (C=O) groups excluding carboxylic acids is 1. The first-order valence-corrected chi connectivity index (χ1v) is 5.37. The molecule has 0 amide bonds. The van der Waals surface area contributed by atoms with Gasteiger partial charge in [0.1, 0.15) is 0 Å². The zero-order valence-electron chi connectivity index (χ0n) is 9.51. The first kappa shape index (κ1) is 13.2. The van der Waals surface area contributed by atoms with Crippen LogP contribution in [0.2, 0.25) is 0 Å². The molecule has 2 heteroatoms. The van der Waals surface area contributed by atoms with Crippen molar-refractivity contribution in [2.45, 2.75) is 46.5 Å². The van der Waals surface area contributed by atoms with E-state index in [1.54, 1.807) is 6.92 Å². The van der Waals surface area contributed by atoms with E-state index in [4.69, 9.17) is 11.3 Å². The minimum atomic E-state index is -0.375. The monoisotopic (exact) mass is 197 g/mol. The third-order valence-electron chi connectivity index (χ3n) is 2.32. The lowest BCUT2D eigenvalue weighted by Crippen LogP contribution is -2.14. The van der Waals surface area contributed by atoms with Crippen molar-refractivity contribution < 1.29 is 9.53 Å². The molecule has 0 saturated carbocycles. The summed E-state index contributed by atoms with van der Waals surface area (Å²) in [4.78, 5) is 11.1. The minimum Gasteiger partial charge on any atom is -0.462 e. The summed E-state index contributed by atoms with van der Waals surface area (Å²) < 4.78 is 5.05. The molecule has 81 valence electrons. The smallest absolute Gasteiger partial charge is 0.333 e. The van der Waals surface area contributed by atoms with Crippen molar-refractivity contribution in [2.75, 3.05) is 6.61 Å². The zero-order chi connectivity index (χ0) is 11.0.